The van der Waals surface area contributed by atoms with E-state index in [2.05, 4.69) is 20.3 Å². The normalized spacial score (nSPS) is 10.1. The van der Waals surface area contributed by atoms with E-state index in [-0.39, 0.29) is 5.91 Å². The van der Waals surface area contributed by atoms with Gasteiger partial charge in [-0.1, -0.05) is 0 Å². The van der Waals surface area contributed by atoms with Gasteiger partial charge in [-0.05, 0) is 19.1 Å². The van der Waals surface area contributed by atoms with Gasteiger partial charge in [0.25, 0.3) is 5.91 Å². The minimum absolute atomic E-state index is 0.217. The molecule has 0 aromatic carbocycles. The summed E-state index contributed by atoms with van der Waals surface area (Å²) in [5, 5.41) is 2.76. The number of hydrogen-bond acceptors (Lipinski definition) is 5. The minimum atomic E-state index is -0.217. The Hall–Kier alpha value is -2.50. The highest BCUT2D eigenvalue weighted by Gasteiger charge is 2.10. The molecule has 0 fully saturated rings. The summed E-state index contributed by atoms with van der Waals surface area (Å²) >= 11 is 0. The molecule has 1 amide bonds. The maximum atomic E-state index is 11.9. The Morgan fingerprint density at radius 3 is 3.00 bits per heavy atom. The van der Waals surface area contributed by atoms with Gasteiger partial charge in [0, 0.05) is 6.20 Å². The summed E-state index contributed by atoms with van der Waals surface area (Å²) < 4.78 is 0. The zero-order valence-electron chi connectivity index (χ0n) is 9.92. The molecule has 2 rings (SSSR count). The summed E-state index contributed by atoms with van der Waals surface area (Å²) in [5.41, 5.74) is 7.94. The van der Waals surface area contributed by atoms with Crippen molar-refractivity contribution in [3.05, 3.63) is 47.8 Å². The molecule has 18 heavy (non-hydrogen) atoms. The third-order valence-corrected chi connectivity index (χ3v) is 2.43. The summed E-state index contributed by atoms with van der Waals surface area (Å²) in [5.74, 6) is -0.217. The van der Waals surface area contributed by atoms with Gasteiger partial charge in [0.05, 0.1) is 35.4 Å². The van der Waals surface area contributed by atoms with Crippen LogP contribution in [0, 0.1) is 6.92 Å². The number of aromatic nitrogens is 3. The maximum Gasteiger partial charge on any atom is 0.253 e. The van der Waals surface area contributed by atoms with Crippen LogP contribution >= 0.6 is 0 Å². The predicted octanol–water partition coefficient (Wildman–Crippen LogP) is 0.692. The third kappa shape index (κ3) is 2.79. The van der Waals surface area contributed by atoms with Gasteiger partial charge < -0.3 is 11.1 Å². The highest BCUT2D eigenvalue weighted by molar-refractivity contribution is 5.95. The van der Waals surface area contributed by atoms with Crippen molar-refractivity contribution in [3.63, 3.8) is 0 Å². The van der Waals surface area contributed by atoms with E-state index in [9.17, 15) is 4.79 Å². The van der Waals surface area contributed by atoms with Crippen LogP contribution in [0.2, 0.25) is 0 Å². The lowest BCUT2D eigenvalue weighted by Gasteiger charge is -2.07. The van der Waals surface area contributed by atoms with Gasteiger partial charge in [-0.2, -0.15) is 0 Å². The summed E-state index contributed by atoms with van der Waals surface area (Å²) in [6, 6.07) is 3.35. The van der Waals surface area contributed by atoms with E-state index in [1.807, 2.05) is 0 Å². The number of hydrogen-bond donors (Lipinski definition) is 2. The van der Waals surface area contributed by atoms with Crippen LogP contribution < -0.4 is 11.1 Å². The van der Waals surface area contributed by atoms with Crippen LogP contribution in [0.4, 0.5) is 5.69 Å². The predicted molar refractivity (Wildman–Crippen MR) is 66.6 cm³/mol. The second-order valence-corrected chi connectivity index (χ2v) is 3.79. The van der Waals surface area contributed by atoms with Crippen molar-refractivity contribution in [1.29, 1.82) is 0 Å². The van der Waals surface area contributed by atoms with Crippen LogP contribution in [-0.4, -0.2) is 20.9 Å². The van der Waals surface area contributed by atoms with Gasteiger partial charge in [-0.3, -0.25) is 9.78 Å². The molecule has 0 aliphatic heterocycles. The highest BCUT2D eigenvalue weighted by atomic mass is 16.1. The number of nitrogens with zero attached hydrogens (tertiary/aromatic N) is 3. The molecule has 6 heteroatoms. The Bertz CT molecular complexity index is 556. The van der Waals surface area contributed by atoms with Crippen molar-refractivity contribution in [2.24, 2.45) is 0 Å². The van der Waals surface area contributed by atoms with E-state index in [0.717, 1.165) is 5.69 Å². The monoisotopic (exact) mass is 243 g/mol. The molecule has 0 unspecified atom stereocenters. The van der Waals surface area contributed by atoms with Crippen LogP contribution in [0.1, 0.15) is 21.7 Å². The molecule has 0 aliphatic carbocycles. The number of aryl methyl sites for hydroxylation is 1. The molecule has 0 spiro atoms. The number of amides is 1. The first-order valence-corrected chi connectivity index (χ1v) is 5.42. The summed E-state index contributed by atoms with van der Waals surface area (Å²) in [4.78, 5) is 23.8. The molecule has 0 saturated heterocycles. The molecular formula is C12H13N5O. The SMILES string of the molecule is Cc1ncc(N)cc1C(=O)NCc1ccncn1. The lowest BCUT2D eigenvalue weighted by molar-refractivity contribution is 0.0949. The van der Waals surface area contributed by atoms with E-state index in [1.54, 1.807) is 25.3 Å². The molecule has 0 saturated carbocycles. The standard InChI is InChI=1S/C12H13N5O/c1-8-11(4-9(13)5-15-8)12(18)16-6-10-2-3-14-7-17-10/h2-5,7H,6,13H2,1H3,(H,16,18). The number of nitrogens with two attached hydrogens (primary N) is 1. The van der Waals surface area contributed by atoms with E-state index < -0.39 is 0 Å². The lowest BCUT2D eigenvalue weighted by atomic mass is 10.2. The zero-order valence-corrected chi connectivity index (χ0v) is 9.92. The first kappa shape index (κ1) is 12.0. The largest absolute Gasteiger partial charge is 0.397 e. The molecule has 0 atom stereocenters. The number of nitrogen functional groups attached to an aromatic ring is 1. The molecule has 92 valence electrons. The zero-order chi connectivity index (χ0) is 13.0. The summed E-state index contributed by atoms with van der Waals surface area (Å²) in [7, 11) is 0. The molecule has 0 bridgehead atoms. The van der Waals surface area contributed by atoms with Gasteiger partial charge in [0.2, 0.25) is 0 Å². The van der Waals surface area contributed by atoms with E-state index >= 15 is 0 Å². The Morgan fingerprint density at radius 1 is 1.44 bits per heavy atom. The minimum Gasteiger partial charge on any atom is -0.397 e. The number of nitrogens with one attached hydrogen (secondary N) is 1. The molecule has 2 aromatic heterocycles. The van der Waals surface area contributed by atoms with E-state index in [1.165, 1.54) is 12.5 Å². The van der Waals surface area contributed by atoms with Gasteiger partial charge >= 0.3 is 0 Å². The number of rotatable bonds is 3. The summed E-state index contributed by atoms with van der Waals surface area (Å²) in [6.07, 6.45) is 4.59. The molecule has 0 radical (unpaired) electrons. The van der Waals surface area contributed by atoms with Crippen molar-refractivity contribution < 1.29 is 4.79 Å². The molecule has 2 aromatic rings. The smallest absolute Gasteiger partial charge is 0.253 e. The van der Waals surface area contributed by atoms with E-state index in [4.69, 9.17) is 5.73 Å². The van der Waals surface area contributed by atoms with Gasteiger partial charge in [0.15, 0.2) is 0 Å². The third-order valence-electron chi connectivity index (χ3n) is 2.43. The van der Waals surface area contributed by atoms with E-state index in [0.29, 0.717) is 23.5 Å². The van der Waals surface area contributed by atoms with Gasteiger partial charge in [-0.15, -0.1) is 0 Å². The number of anilines is 1. The van der Waals surface area contributed by atoms with Crippen molar-refractivity contribution in [2.45, 2.75) is 13.5 Å². The molecule has 6 nitrogen and oxygen atoms in total. The Kier molecular flexibility index (Phi) is 3.47. The molecular weight excluding hydrogens is 230 g/mol. The number of carbonyl (C=O) groups is 1. The van der Waals surface area contributed by atoms with Crippen LogP contribution in [0.25, 0.3) is 0 Å². The van der Waals surface area contributed by atoms with Crippen LogP contribution in [-0.2, 0) is 6.54 Å². The Balaban J connectivity index is 2.06. The van der Waals surface area contributed by atoms with Crippen molar-refractivity contribution in [1.82, 2.24) is 20.3 Å². The Labute approximate surface area is 104 Å². The second kappa shape index (κ2) is 5.22. The fourth-order valence-electron chi connectivity index (χ4n) is 1.47. The maximum absolute atomic E-state index is 11.9. The van der Waals surface area contributed by atoms with Crippen LogP contribution in [0.3, 0.4) is 0 Å². The van der Waals surface area contributed by atoms with Crippen molar-refractivity contribution >= 4 is 11.6 Å². The summed E-state index contributed by atoms with van der Waals surface area (Å²) in [6.45, 7) is 2.11. The van der Waals surface area contributed by atoms with Gasteiger partial charge in [-0.25, -0.2) is 9.97 Å². The fraction of sp³-hybridized carbons (Fsp3) is 0.167. The average molecular weight is 243 g/mol. The lowest BCUT2D eigenvalue weighted by Crippen LogP contribution is -2.24. The van der Waals surface area contributed by atoms with Gasteiger partial charge in [0.1, 0.15) is 6.33 Å². The molecule has 0 aliphatic rings. The quantitative estimate of drug-likeness (QED) is 0.827. The van der Waals surface area contributed by atoms with Crippen molar-refractivity contribution in [3.8, 4) is 0 Å². The van der Waals surface area contributed by atoms with Crippen LogP contribution in [0.5, 0.6) is 0 Å². The molecule has 3 N–H and O–H groups in total. The number of carbonyl (C=O) groups excluding carboxylic acids is 1. The highest BCUT2D eigenvalue weighted by Crippen LogP contribution is 2.09. The van der Waals surface area contributed by atoms with Crippen molar-refractivity contribution in [2.75, 3.05) is 5.73 Å². The second-order valence-electron chi connectivity index (χ2n) is 3.79. The average Bonchev–Trinajstić information content (AvgIpc) is 2.40. The Morgan fingerprint density at radius 2 is 2.28 bits per heavy atom. The fourth-order valence-corrected chi connectivity index (χ4v) is 1.47. The topological polar surface area (TPSA) is 93.8 Å². The molecule has 2 heterocycles. The first-order valence-electron chi connectivity index (χ1n) is 5.42. The number of pyridine rings is 1. The first-order chi connectivity index (χ1) is 8.66. The van der Waals surface area contributed by atoms with Crippen LogP contribution in [0.15, 0.2) is 30.9 Å².